The van der Waals surface area contributed by atoms with E-state index < -0.39 is 0 Å². The Morgan fingerprint density at radius 2 is 2.10 bits per heavy atom. The Hall–Kier alpha value is -0.640. The highest BCUT2D eigenvalue weighted by atomic mass is 16.8. The van der Waals surface area contributed by atoms with E-state index in [0.717, 1.165) is 6.42 Å². The van der Waals surface area contributed by atoms with Gasteiger partial charge in [-0.25, -0.2) is 0 Å². The summed E-state index contributed by atoms with van der Waals surface area (Å²) in [5.41, 5.74) is 0. The van der Waals surface area contributed by atoms with Gasteiger partial charge in [0.15, 0.2) is 0 Å². The molecule has 0 radical (unpaired) electrons. The molecule has 0 rings (SSSR count). The van der Waals surface area contributed by atoms with Gasteiger partial charge in [0.25, 0.3) is 0 Å². The minimum atomic E-state index is 0.226. The van der Waals surface area contributed by atoms with Crippen LogP contribution >= 0.6 is 0 Å². The highest BCUT2D eigenvalue weighted by Gasteiger charge is 2.08. The molecule has 0 aliphatic carbocycles. The third-order valence-electron chi connectivity index (χ3n) is 1.43. The first-order valence-electron chi connectivity index (χ1n) is 3.48. The lowest BCUT2D eigenvalue weighted by molar-refractivity contribution is 0.119. The van der Waals surface area contributed by atoms with E-state index >= 15 is 0 Å². The molecule has 0 aromatic rings. The molecule has 0 amide bonds. The van der Waals surface area contributed by atoms with E-state index in [1.165, 1.54) is 0 Å². The lowest BCUT2D eigenvalue weighted by Crippen LogP contribution is -2.10. The largest absolute Gasteiger partial charge is 0.283 e. The fraction of sp³-hybridized carbons (Fsp3) is 1.00. The first kappa shape index (κ1) is 9.36. The van der Waals surface area contributed by atoms with Gasteiger partial charge in [0.2, 0.25) is 0 Å². The van der Waals surface area contributed by atoms with Gasteiger partial charge >= 0.3 is 0 Å². The predicted octanol–water partition coefficient (Wildman–Crippen LogP) is 1.68. The molecule has 0 saturated heterocycles. The summed E-state index contributed by atoms with van der Waals surface area (Å²) in [4.78, 5) is 3.98. The van der Waals surface area contributed by atoms with Crippen molar-refractivity contribution in [3.8, 4) is 0 Å². The molecule has 0 aromatic carbocycles. The van der Waals surface area contributed by atoms with Crippen LogP contribution in [-0.2, 0) is 4.94 Å². The van der Waals surface area contributed by atoms with Gasteiger partial charge in [-0.05, 0) is 12.3 Å². The number of nitrogens with two attached hydrogens (primary N) is 1. The van der Waals surface area contributed by atoms with Gasteiger partial charge in [-0.1, -0.05) is 20.8 Å². The Morgan fingerprint density at radius 1 is 1.50 bits per heavy atom. The number of hydrogen-bond acceptors (Lipinski definition) is 4. The van der Waals surface area contributed by atoms with Crippen LogP contribution in [0.2, 0.25) is 0 Å². The predicted molar refractivity (Wildman–Crippen MR) is 39.0 cm³/mol. The van der Waals surface area contributed by atoms with Crippen molar-refractivity contribution in [2.24, 2.45) is 22.2 Å². The molecule has 0 bridgehead atoms. The molecule has 2 N–H and O–H groups in total. The van der Waals surface area contributed by atoms with Crippen molar-refractivity contribution < 1.29 is 4.94 Å². The molecule has 0 aliphatic rings. The normalized spacial score (nSPS) is 14.5. The average molecular weight is 145 g/mol. The molecule has 10 heavy (non-hydrogen) atoms. The summed E-state index contributed by atoms with van der Waals surface area (Å²) in [6, 6.07) is 0.226. The Bertz CT molecular complexity index is 103. The molecule has 0 aromatic heterocycles. The van der Waals surface area contributed by atoms with Crippen LogP contribution in [0.5, 0.6) is 0 Å². The third-order valence-corrected chi connectivity index (χ3v) is 1.43. The van der Waals surface area contributed by atoms with Gasteiger partial charge in [0.05, 0.1) is 6.04 Å². The molecule has 4 nitrogen and oxygen atoms in total. The van der Waals surface area contributed by atoms with E-state index in [9.17, 15) is 0 Å². The lowest BCUT2D eigenvalue weighted by atomic mass is 10.0. The quantitative estimate of drug-likeness (QED) is 0.483. The SMILES string of the molecule is CCC(N=NON)C(C)C. The van der Waals surface area contributed by atoms with Crippen molar-refractivity contribution in [2.45, 2.75) is 33.2 Å². The highest BCUT2D eigenvalue weighted by Crippen LogP contribution is 2.09. The Balaban J connectivity index is 3.71. The van der Waals surface area contributed by atoms with E-state index in [1.807, 2.05) is 0 Å². The van der Waals surface area contributed by atoms with Gasteiger partial charge in [0, 0.05) is 5.28 Å². The maximum Gasteiger partial charge on any atom is 0.0765 e. The highest BCUT2D eigenvalue weighted by molar-refractivity contribution is 4.64. The second kappa shape index (κ2) is 5.17. The van der Waals surface area contributed by atoms with Gasteiger partial charge in [-0.15, -0.1) is 11.0 Å². The fourth-order valence-corrected chi connectivity index (χ4v) is 0.774. The summed E-state index contributed by atoms with van der Waals surface area (Å²) >= 11 is 0. The van der Waals surface area contributed by atoms with Crippen LogP contribution in [0.25, 0.3) is 0 Å². The third kappa shape index (κ3) is 3.40. The molecule has 1 unspecified atom stereocenters. The Kier molecular flexibility index (Phi) is 4.84. The topological polar surface area (TPSA) is 60.0 Å². The monoisotopic (exact) mass is 145 g/mol. The van der Waals surface area contributed by atoms with Crippen LogP contribution < -0.4 is 5.90 Å². The van der Waals surface area contributed by atoms with Gasteiger partial charge in [-0.2, -0.15) is 0 Å². The van der Waals surface area contributed by atoms with Gasteiger partial charge < -0.3 is 0 Å². The molecule has 0 fully saturated rings. The number of hydrogen-bond donors (Lipinski definition) is 1. The van der Waals surface area contributed by atoms with Gasteiger partial charge in [0.1, 0.15) is 0 Å². The Morgan fingerprint density at radius 3 is 2.40 bits per heavy atom. The van der Waals surface area contributed by atoms with E-state index in [-0.39, 0.29) is 6.04 Å². The molecular formula is C6H15N3O. The van der Waals surface area contributed by atoms with Gasteiger partial charge in [-0.3, -0.25) is 4.94 Å². The first-order chi connectivity index (χ1) is 4.72. The van der Waals surface area contributed by atoms with Crippen LogP contribution in [0.3, 0.4) is 0 Å². The van der Waals surface area contributed by atoms with Crippen molar-refractivity contribution in [2.75, 3.05) is 0 Å². The Labute approximate surface area is 61.4 Å². The summed E-state index contributed by atoms with van der Waals surface area (Å²) < 4.78 is 0. The minimum absolute atomic E-state index is 0.226. The summed E-state index contributed by atoms with van der Waals surface area (Å²) in [5, 5.41) is 7.10. The van der Waals surface area contributed by atoms with Crippen LogP contribution in [-0.4, -0.2) is 6.04 Å². The summed E-state index contributed by atoms with van der Waals surface area (Å²) in [6.45, 7) is 6.23. The van der Waals surface area contributed by atoms with Crippen LogP contribution in [0.1, 0.15) is 27.2 Å². The summed E-state index contributed by atoms with van der Waals surface area (Å²) in [7, 11) is 0. The maximum absolute atomic E-state index is 4.67. The van der Waals surface area contributed by atoms with Crippen LogP contribution in [0.4, 0.5) is 0 Å². The molecule has 0 spiro atoms. The number of nitrogens with zero attached hydrogens (tertiary/aromatic N) is 2. The maximum atomic E-state index is 4.67. The zero-order valence-corrected chi connectivity index (χ0v) is 6.74. The molecule has 4 heteroatoms. The zero-order valence-electron chi connectivity index (χ0n) is 6.74. The van der Waals surface area contributed by atoms with E-state index in [2.05, 4.69) is 42.0 Å². The van der Waals surface area contributed by atoms with Crippen molar-refractivity contribution in [3.63, 3.8) is 0 Å². The summed E-state index contributed by atoms with van der Waals surface area (Å²) in [6.07, 6.45) is 0.963. The standard InChI is InChI=1S/C6H15N3O/c1-4-6(5(2)3)8-9-10-7/h5-6H,4,7H2,1-3H3. The molecule has 1 atom stereocenters. The molecule has 0 aliphatic heterocycles. The summed E-state index contributed by atoms with van der Waals surface area (Å²) in [5.74, 6) is 5.16. The smallest absolute Gasteiger partial charge is 0.0765 e. The lowest BCUT2D eigenvalue weighted by Gasteiger charge is -2.10. The van der Waals surface area contributed by atoms with E-state index in [4.69, 9.17) is 0 Å². The average Bonchev–Trinajstić information content (AvgIpc) is 1.89. The van der Waals surface area contributed by atoms with Crippen molar-refractivity contribution in [1.82, 2.24) is 0 Å². The minimum Gasteiger partial charge on any atom is -0.283 e. The van der Waals surface area contributed by atoms with Crippen molar-refractivity contribution in [3.05, 3.63) is 0 Å². The molecule has 0 heterocycles. The second-order valence-electron chi connectivity index (χ2n) is 2.52. The van der Waals surface area contributed by atoms with E-state index in [0.29, 0.717) is 5.92 Å². The molecule has 60 valence electrons. The van der Waals surface area contributed by atoms with Crippen LogP contribution in [0.15, 0.2) is 10.4 Å². The zero-order chi connectivity index (χ0) is 7.98. The van der Waals surface area contributed by atoms with Crippen LogP contribution in [0, 0.1) is 5.92 Å². The molecular weight excluding hydrogens is 130 g/mol. The van der Waals surface area contributed by atoms with Crippen molar-refractivity contribution >= 4 is 0 Å². The number of rotatable bonds is 4. The van der Waals surface area contributed by atoms with E-state index in [1.54, 1.807) is 0 Å². The second-order valence-corrected chi connectivity index (χ2v) is 2.52. The fourth-order valence-electron chi connectivity index (χ4n) is 0.774. The first-order valence-corrected chi connectivity index (χ1v) is 3.48. The van der Waals surface area contributed by atoms with Crippen molar-refractivity contribution in [1.29, 1.82) is 0 Å². The molecule has 0 saturated carbocycles.